The van der Waals surface area contributed by atoms with E-state index in [9.17, 15) is 4.39 Å². The molecule has 0 saturated heterocycles. The summed E-state index contributed by atoms with van der Waals surface area (Å²) in [7, 11) is 0. The molecule has 2 N–H and O–H groups in total. The van der Waals surface area contributed by atoms with Crippen molar-refractivity contribution in [2.24, 2.45) is 5.73 Å². The molecule has 1 aromatic carbocycles. The number of halogens is 1. The van der Waals surface area contributed by atoms with Gasteiger partial charge in [-0.15, -0.1) is 0 Å². The maximum absolute atomic E-state index is 13.5. The number of hydrogen-bond donors (Lipinski definition) is 1. The van der Waals surface area contributed by atoms with Gasteiger partial charge in [0.2, 0.25) is 0 Å². The molecule has 2 aromatic rings. The topological polar surface area (TPSA) is 71.9 Å². The number of pyridine rings is 1. The zero-order valence-electron chi connectivity index (χ0n) is 11.1. The summed E-state index contributed by atoms with van der Waals surface area (Å²) in [4.78, 5) is 3.87. The molecule has 0 aliphatic rings. The third-order valence-corrected chi connectivity index (χ3v) is 2.55. The predicted molar refractivity (Wildman–Crippen MR) is 75.6 cm³/mol. The molecule has 104 valence electrons. The van der Waals surface area contributed by atoms with Crippen molar-refractivity contribution in [2.45, 2.75) is 6.61 Å². The average molecular weight is 281 g/mol. The quantitative estimate of drug-likeness (QED) is 0.873. The van der Waals surface area contributed by atoms with Crippen LogP contribution in [0, 0.1) is 29.0 Å². The molecular formula is C16H12FN3O. The molecule has 0 fully saturated rings. The van der Waals surface area contributed by atoms with Crippen LogP contribution in [0.4, 0.5) is 4.39 Å². The van der Waals surface area contributed by atoms with Gasteiger partial charge in [0, 0.05) is 17.8 Å². The van der Waals surface area contributed by atoms with Gasteiger partial charge < -0.3 is 10.5 Å². The van der Waals surface area contributed by atoms with Gasteiger partial charge in [-0.25, -0.2) is 9.37 Å². The summed E-state index contributed by atoms with van der Waals surface area (Å²) in [5.74, 6) is 5.35. The number of nitrogens with zero attached hydrogens (tertiary/aromatic N) is 2. The van der Waals surface area contributed by atoms with Crippen LogP contribution in [0.5, 0.6) is 5.75 Å². The second-order valence-electron chi connectivity index (χ2n) is 4.13. The zero-order valence-corrected chi connectivity index (χ0v) is 11.1. The van der Waals surface area contributed by atoms with Gasteiger partial charge in [-0.1, -0.05) is 11.8 Å². The van der Waals surface area contributed by atoms with E-state index >= 15 is 0 Å². The van der Waals surface area contributed by atoms with Crippen LogP contribution in [0.2, 0.25) is 0 Å². The van der Waals surface area contributed by atoms with E-state index in [1.54, 1.807) is 18.2 Å². The van der Waals surface area contributed by atoms with Crippen molar-refractivity contribution < 1.29 is 9.13 Å². The second kappa shape index (κ2) is 7.04. The van der Waals surface area contributed by atoms with Crippen LogP contribution in [-0.2, 0) is 6.61 Å². The van der Waals surface area contributed by atoms with E-state index < -0.39 is 5.82 Å². The molecule has 0 radical (unpaired) electrons. The fourth-order valence-electron chi connectivity index (χ4n) is 1.66. The number of ether oxygens (including phenoxy) is 1. The molecule has 1 heterocycles. The van der Waals surface area contributed by atoms with Crippen molar-refractivity contribution in [1.29, 1.82) is 5.26 Å². The highest BCUT2D eigenvalue weighted by Gasteiger charge is 2.02. The first-order valence-corrected chi connectivity index (χ1v) is 6.18. The lowest BCUT2D eigenvalue weighted by Crippen LogP contribution is -1.98. The molecule has 0 amide bonds. The Bertz CT molecular complexity index is 741. The van der Waals surface area contributed by atoms with Crippen LogP contribution in [0.25, 0.3) is 0 Å². The monoisotopic (exact) mass is 281 g/mol. The molecule has 0 aliphatic carbocycles. The Morgan fingerprint density at radius 1 is 1.29 bits per heavy atom. The molecule has 0 bridgehead atoms. The van der Waals surface area contributed by atoms with E-state index in [1.807, 2.05) is 6.07 Å². The summed E-state index contributed by atoms with van der Waals surface area (Å²) in [6, 6.07) is 9.53. The Hall–Kier alpha value is -2.89. The van der Waals surface area contributed by atoms with Gasteiger partial charge in [0.1, 0.15) is 29.9 Å². The molecule has 0 aliphatic heterocycles. The number of hydrogen-bond acceptors (Lipinski definition) is 4. The molecule has 0 saturated carbocycles. The maximum Gasteiger partial charge on any atom is 0.140 e. The predicted octanol–water partition coefficient (Wildman–Crippen LogP) is 1.98. The van der Waals surface area contributed by atoms with Gasteiger partial charge in [0.05, 0.1) is 6.54 Å². The normalized spacial score (nSPS) is 9.38. The van der Waals surface area contributed by atoms with Crippen LogP contribution in [-0.4, -0.2) is 11.5 Å². The SMILES string of the molecule is N#Cc1cc(COc2cc(F)cc(C#CCN)c2)ccn1. The molecule has 5 heteroatoms. The van der Waals surface area contributed by atoms with E-state index in [1.165, 1.54) is 18.3 Å². The highest BCUT2D eigenvalue weighted by molar-refractivity contribution is 5.40. The maximum atomic E-state index is 13.5. The summed E-state index contributed by atoms with van der Waals surface area (Å²) >= 11 is 0. The minimum absolute atomic E-state index is 0.209. The smallest absolute Gasteiger partial charge is 0.140 e. The Morgan fingerprint density at radius 3 is 2.90 bits per heavy atom. The van der Waals surface area contributed by atoms with Gasteiger partial charge in [-0.2, -0.15) is 5.26 Å². The van der Waals surface area contributed by atoms with Crippen LogP contribution in [0.1, 0.15) is 16.8 Å². The number of nitriles is 1. The lowest BCUT2D eigenvalue weighted by molar-refractivity contribution is 0.304. The Labute approximate surface area is 122 Å². The van der Waals surface area contributed by atoms with Crippen molar-refractivity contribution >= 4 is 0 Å². The number of rotatable bonds is 3. The van der Waals surface area contributed by atoms with E-state index in [4.69, 9.17) is 15.7 Å². The highest BCUT2D eigenvalue weighted by Crippen LogP contribution is 2.17. The first-order chi connectivity index (χ1) is 10.2. The molecule has 0 spiro atoms. The van der Waals surface area contributed by atoms with Crippen molar-refractivity contribution in [2.75, 3.05) is 6.54 Å². The lowest BCUT2D eigenvalue weighted by atomic mass is 10.2. The number of benzene rings is 1. The van der Waals surface area contributed by atoms with E-state index in [0.717, 1.165) is 5.56 Å². The molecule has 0 unspecified atom stereocenters. The summed E-state index contributed by atoms with van der Waals surface area (Å²) in [5, 5.41) is 8.77. The fraction of sp³-hybridized carbons (Fsp3) is 0.125. The van der Waals surface area contributed by atoms with Crippen molar-refractivity contribution in [3.8, 4) is 23.7 Å². The summed E-state index contributed by atoms with van der Waals surface area (Å²) in [6.45, 7) is 0.422. The second-order valence-corrected chi connectivity index (χ2v) is 4.13. The van der Waals surface area contributed by atoms with Gasteiger partial charge in [-0.3, -0.25) is 0 Å². The first kappa shape index (κ1) is 14.5. The molecule has 21 heavy (non-hydrogen) atoms. The standard InChI is InChI=1S/C16H12FN3O/c17-14-6-12(2-1-4-18)8-16(9-14)21-11-13-3-5-20-15(7-13)10-19/h3,5-9H,4,11,18H2. The minimum Gasteiger partial charge on any atom is -0.489 e. The zero-order chi connectivity index (χ0) is 15.1. The largest absolute Gasteiger partial charge is 0.489 e. The van der Waals surface area contributed by atoms with Gasteiger partial charge in [0.25, 0.3) is 0 Å². The third-order valence-electron chi connectivity index (χ3n) is 2.55. The average Bonchev–Trinajstić information content (AvgIpc) is 2.50. The van der Waals surface area contributed by atoms with E-state index in [2.05, 4.69) is 16.8 Å². The van der Waals surface area contributed by atoms with Gasteiger partial charge in [0.15, 0.2) is 0 Å². The molecule has 2 rings (SSSR count). The number of aromatic nitrogens is 1. The van der Waals surface area contributed by atoms with Gasteiger partial charge >= 0.3 is 0 Å². The molecular weight excluding hydrogens is 269 g/mol. The van der Waals surface area contributed by atoms with E-state index in [-0.39, 0.29) is 13.2 Å². The summed E-state index contributed by atoms with van der Waals surface area (Å²) < 4.78 is 19.0. The first-order valence-electron chi connectivity index (χ1n) is 6.18. The Balaban J connectivity index is 2.12. The Morgan fingerprint density at radius 2 is 2.14 bits per heavy atom. The van der Waals surface area contributed by atoms with E-state index in [0.29, 0.717) is 17.0 Å². The number of nitrogens with two attached hydrogens (primary N) is 1. The van der Waals surface area contributed by atoms with Crippen LogP contribution in [0.15, 0.2) is 36.5 Å². The van der Waals surface area contributed by atoms with Crippen LogP contribution in [0.3, 0.4) is 0 Å². The van der Waals surface area contributed by atoms with Gasteiger partial charge in [-0.05, 0) is 29.8 Å². The van der Waals surface area contributed by atoms with Crippen molar-refractivity contribution in [1.82, 2.24) is 4.98 Å². The fourth-order valence-corrected chi connectivity index (χ4v) is 1.66. The van der Waals surface area contributed by atoms with Crippen molar-refractivity contribution in [3.05, 3.63) is 59.2 Å². The highest BCUT2D eigenvalue weighted by atomic mass is 19.1. The lowest BCUT2D eigenvalue weighted by Gasteiger charge is -2.07. The summed E-state index contributed by atoms with van der Waals surface area (Å²) in [5.41, 5.74) is 6.87. The minimum atomic E-state index is -0.429. The van der Waals surface area contributed by atoms with Crippen LogP contribution >= 0.6 is 0 Å². The molecule has 4 nitrogen and oxygen atoms in total. The summed E-state index contributed by atoms with van der Waals surface area (Å²) in [6.07, 6.45) is 1.53. The van der Waals surface area contributed by atoms with Crippen LogP contribution < -0.4 is 10.5 Å². The Kier molecular flexibility index (Phi) is 4.87. The molecule has 1 aromatic heterocycles. The molecule has 0 atom stereocenters. The van der Waals surface area contributed by atoms with Crippen molar-refractivity contribution in [3.63, 3.8) is 0 Å². The third kappa shape index (κ3) is 4.31.